The van der Waals surface area contributed by atoms with E-state index in [1.807, 2.05) is 0 Å². The summed E-state index contributed by atoms with van der Waals surface area (Å²) in [6, 6.07) is 9.21. The number of halogens is 5. The maximum absolute atomic E-state index is 14.6. The molecule has 0 atom stereocenters. The summed E-state index contributed by atoms with van der Waals surface area (Å²) in [5.41, 5.74) is -2.81. The van der Waals surface area contributed by atoms with Crippen LogP contribution in [0, 0.1) is 15.9 Å². The lowest BCUT2D eigenvalue weighted by Gasteiger charge is -2.19. The SMILES string of the molecule is COC(=O)COc1ccc(N(O)c2cc(-c3c(F)cc(C(F)(F)F)cc3Cl)ccc2[N+](=O)[O-])cc1. The number of hydrogen-bond acceptors (Lipinski definition) is 7. The molecular weight excluding hydrogens is 500 g/mol. The van der Waals surface area contributed by atoms with Crippen LogP contribution >= 0.6 is 11.6 Å². The van der Waals surface area contributed by atoms with Gasteiger partial charge in [-0.1, -0.05) is 11.6 Å². The Bertz CT molecular complexity index is 1240. The maximum atomic E-state index is 14.6. The third-order valence-corrected chi connectivity index (χ3v) is 5.02. The number of nitrogens with zero attached hydrogens (tertiary/aromatic N) is 2. The van der Waals surface area contributed by atoms with Crippen molar-refractivity contribution >= 4 is 34.6 Å². The van der Waals surface area contributed by atoms with E-state index in [1.165, 1.54) is 31.4 Å². The molecule has 35 heavy (non-hydrogen) atoms. The number of methoxy groups -OCH3 is 1. The van der Waals surface area contributed by atoms with Crippen LogP contribution in [0.15, 0.2) is 54.6 Å². The standard InChI is InChI=1S/C22H15ClF4N2O6/c1-34-20(30)11-35-15-5-3-14(4-6-15)28(31)19-8-12(2-7-18(19)29(32)33)21-16(23)9-13(10-17(21)24)22(25,26)27/h2-10,31H,11H2,1H3. The van der Waals surface area contributed by atoms with Gasteiger partial charge in [0.05, 0.1) is 28.3 Å². The molecule has 8 nitrogen and oxygen atoms in total. The fourth-order valence-electron chi connectivity index (χ4n) is 3.04. The van der Waals surface area contributed by atoms with E-state index in [4.69, 9.17) is 16.3 Å². The number of alkyl halides is 3. The highest BCUT2D eigenvalue weighted by molar-refractivity contribution is 6.33. The largest absolute Gasteiger partial charge is 0.482 e. The van der Waals surface area contributed by atoms with Crippen LogP contribution in [0.3, 0.4) is 0 Å². The molecule has 1 N–H and O–H groups in total. The molecular formula is C22H15ClF4N2O6. The Morgan fingerprint density at radius 1 is 1.14 bits per heavy atom. The summed E-state index contributed by atoms with van der Waals surface area (Å²) in [5, 5.41) is 22.0. The van der Waals surface area contributed by atoms with Gasteiger partial charge in [-0.3, -0.25) is 15.3 Å². The van der Waals surface area contributed by atoms with E-state index in [0.29, 0.717) is 11.1 Å². The van der Waals surface area contributed by atoms with Gasteiger partial charge in [-0.2, -0.15) is 13.2 Å². The first kappa shape index (κ1) is 25.7. The lowest BCUT2D eigenvalue weighted by molar-refractivity contribution is -0.384. The van der Waals surface area contributed by atoms with E-state index < -0.39 is 50.4 Å². The first-order valence-corrected chi connectivity index (χ1v) is 9.94. The van der Waals surface area contributed by atoms with Crippen LogP contribution < -0.4 is 9.80 Å². The molecule has 0 heterocycles. The summed E-state index contributed by atoms with van der Waals surface area (Å²) in [5.74, 6) is -1.70. The fraction of sp³-hybridized carbons (Fsp3) is 0.136. The number of carbonyl (C=O) groups excluding carboxylic acids is 1. The first-order chi connectivity index (χ1) is 16.4. The molecule has 3 aromatic carbocycles. The zero-order valence-corrected chi connectivity index (χ0v) is 18.4. The number of ether oxygens (including phenoxy) is 2. The number of nitro groups is 1. The quantitative estimate of drug-likeness (QED) is 0.174. The van der Waals surface area contributed by atoms with Gasteiger partial charge in [-0.05, 0) is 54.1 Å². The number of benzene rings is 3. The van der Waals surface area contributed by atoms with Crippen molar-refractivity contribution in [3.05, 3.63) is 81.1 Å². The van der Waals surface area contributed by atoms with Crippen LogP contribution in [0.2, 0.25) is 5.02 Å². The molecule has 0 saturated carbocycles. The predicted molar refractivity (Wildman–Crippen MR) is 116 cm³/mol. The van der Waals surface area contributed by atoms with Crippen LogP contribution in [0.25, 0.3) is 11.1 Å². The summed E-state index contributed by atoms with van der Waals surface area (Å²) in [6.07, 6.45) is -4.84. The van der Waals surface area contributed by atoms with Crippen molar-refractivity contribution in [3.8, 4) is 16.9 Å². The summed E-state index contributed by atoms with van der Waals surface area (Å²) < 4.78 is 63.1. The highest BCUT2D eigenvalue weighted by atomic mass is 35.5. The average Bonchev–Trinajstić information content (AvgIpc) is 2.81. The van der Waals surface area contributed by atoms with E-state index >= 15 is 0 Å². The first-order valence-electron chi connectivity index (χ1n) is 9.56. The molecule has 3 rings (SSSR count). The van der Waals surface area contributed by atoms with Crippen molar-refractivity contribution in [1.29, 1.82) is 0 Å². The van der Waals surface area contributed by atoms with Crippen LogP contribution in [0.4, 0.5) is 34.6 Å². The van der Waals surface area contributed by atoms with E-state index in [-0.39, 0.29) is 29.7 Å². The van der Waals surface area contributed by atoms with Crippen LogP contribution in [-0.2, 0) is 15.7 Å². The topological polar surface area (TPSA) is 102 Å². The van der Waals surface area contributed by atoms with Crippen molar-refractivity contribution in [2.45, 2.75) is 6.18 Å². The minimum atomic E-state index is -4.84. The van der Waals surface area contributed by atoms with E-state index in [0.717, 1.165) is 18.2 Å². The number of carbonyl (C=O) groups is 1. The number of rotatable bonds is 7. The van der Waals surface area contributed by atoms with E-state index in [9.17, 15) is 37.7 Å². The maximum Gasteiger partial charge on any atom is 0.416 e. The molecule has 184 valence electrons. The molecule has 0 aliphatic rings. The van der Waals surface area contributed by atoms with Crippen molar-refractivity contribution in [1.82, 2.24) is 0 Å². The van der Waals surface area contributed by atoms with Crippen LogP contribution in [-0.4, -0.2) is 29.8 Å². The lowest BCUT2D eigenvalue weighted by Crippen LogP contribution is -2.14. The number of nitro benzene ring substituents is 1. The van der Waals surface area contributed by atoms with Crippen LogP contribution in [0.5, 0.6) is 5.75 Å². The molecule has 3 aromatic rings. The molecule has 0 spiro atoms. The Morgan fingerprint density at radius 3 is 2.34 bits per heavy atom. The van der Waals surface area contributed by atoms with Gasteiger partial charge in [0.1, 0.15) is 17.3 Å². The smallest absolute Gasteiger partial charge is 0.416 e. The second kappa shape index (κ2) is 10.2. The fourth-order valence-corrected chi connectivity index (χ4v) is 3.36. The van der Waals surface area contributed by atoms with Gasteiger partial charge in [0.2, 0.25) is 0 Å². The van der Waals surface area contributed by atoms with E-state index in [1.54, 1.807) is 0 Å². The third kappa shape index (κ3) is 5.78. The van der Waals surface area contributed by atoms with Gasteiger partial charge >= 0.3 is 12.1 Å². The Morgan fingerprint density at radius 2 is 1.80 bits per heavy atom. The molecule has 13 heteroatoms. The second-order valence-electron chi connectivity index (χ2n) is 6.94. The molecule has 0 unspecified atom stereocenters. The van der Waals surface area contributed by atoms with E-state index in [2.05, 4.69) is 4.74 Å². The number of hydrogen-bond donors (Lipinski definition) is 1. The number of esters is 1. The predicted octanol–water partition coefficient (Wildman–Crippen LogP) is 6.15. The molecule has 0 aliphatic heterocycles. The second-order valence-corrected chi connectivity index (χ2v) is 7.35. The third-order valence-electron chi connectivity index (χ3n) is 4.72. The Labute approximate surface area is 200 Å². The lowest BCUT2D eigenvalue weighted by atomic mass is 10.0. The molecule has 0 fully saturated rings. The normalized spacial score (nSPS) is 11.2. The van der Waals surface area contributed by atoms with Crippen molar-refractivity contribution in [2.24, 2.45) is 0 Å². The van der Waals surface area contributed by atoms with Gasteiger partial charge in [0.25, 0.3) is 5.69 Å². The van der Waals surface area contributed by atoms with Gasteiger partial charge in [0, 0.05) is 11.6 Å². The highest BCUT2D eigenvalue weighted by Gasteiger charge is 2.33. The Kier molecular flexibility index (Phi) is 7.46. The zero-order valence-electron chi connectivity index (χ0n) is 17.7. The minimum Gasteiger partial charge on any atom is -0.482 e. The monoisotopic (exact) mass is 514 g/mol. The van der Waals surface area contributed by atoms with Crippen molar-refractivity contribution < 1.29 is 42.0 Å². The van der Waals surface area contributed by atoms with Crippen molar-refractivity contribution in [3.63, 3.8) is 0 Å². The molecule has 0 aliphatic carbocycles. The van der Waals surface area contributed by atoms with Gasteiger partial charge in [0.15, 0.2) is 6.61 Å². The summed E-state index contributed by atoms with van der Waals surface area (Å²) in [6.45, 7) is -0.369. The van der Waals surface area contributed by atoms with Crippen LogP contribution in [0.1, 0.15) is 5.56 Å². The molecule has 0 amide bonds. The molecule has 0 aromatic heterocycles. The number of anilines is 2. The van der Waals surface area contributed by atoms with Gasteiger partial charge in [-0.15, -0.1) is 0 Å². The van der Waals surface area contributed by atoms with Gasteiger partial charge < -0.3 is 9.47 Å². The highest BCUT2D eigenvalue weighted by Crippen LogP contribution is 2.41. The Hall–Kier alpha value is -3.90. The average molecular weight is 515 g/mol. The summed E-state index contributed by atoms with van der Waals surface area (Å²) >= 11 is 5.91. The molecule has 0 saturated heterocycles. The summed E-state index contributed by atoms with van der Waals surface area (Å²) in [4.78, 5) is 21.9. The minimum absolute atomic E-state index is 0.0228. The van der Waals surface area contributed by atoms with Crippen molar-refractivity contribution in [2.75, 3.05) is 18.8 Å². The summed E-state index contributed by atoms with van der Waals surface area (Å²) in [7, 11) is 1.18. The van der Waals surface area contributed by atoms with Gasteiger partial charge in [-0.25, -0.2) is 14.2 Å². The zero-order chi connectivity index (χ0) is 25.9. The Balaban J connectivity index is 2.00. The molecule has 0 bridgehead atoms. The molecule has 0 radical (unpaired) electrons.